The third-order valence-corrected chi connectivity index (χ3v) is 5.73. The number of carbonyl (C=O) groups excluding carboxylic acids is 1. The summed E-state index contributed by atoms with van der Waals surface area (Å²) in [5, 5.41) is 3.59. The van der Waals surface area contributed by atoms with Crippen LogP contribution in [-0.2, 0) is 9.84 Å². The Balaban J connectivity index is 1.97. The highest BCUT2D eigenvalue weighted by Gasteiger charge is 2.15. The maximum atomic E-state index is 12.1. The molecule has 23 heavy (non-hydrogen) atoms. The highest BCUT2D eigenvalue weighted by atomic mass is 35.5. The SMILES string of the molecule is O=C(NCCS(=O)(=O)c1ccc(Cl)cc1)c1ccc(Cl)c(Cl)c1. The van der Waals surface area contributed by atoms with Crippen LogP contribution < -0.4 is 5.32 Å². The maximum Gasteiger partial charge on any atom is 0.251 e. The van der Waals surface area contributed by atoms with Crippen molar-refractivity contribution in [3.05, 3.63) is 63.1 Å². The van der Waals surface area contributed by atoms with Gasteiger partial charge in [-0.25, -0.2) is 8.42 Å². The number of benzene rings is 2. The lowest BCUT2D eigenvalue weighted by Gasteiger charge is -2.07. The molecule has 0 fully saturated rings. The minimum absolute atomic E-state index is 0.0238. The van der Waals surface area contributed by atoms with Crippen LogP contribution >= 0.6 is 34.8 Å². The molecule has 2 aromatic carbocycles. The molecule has 1 N–H and O–H groups in total. The van der Waals surface area contributed by atoms with Crippen molar-refractivity contribution < 1.29 is 13.2 Å². The number of halogens is 3. The zero-order valence-corrected chi connectivity index (χ0v) is 14.8. The molecule has 0 heterocycles. The Morgan fingerprint density at radius 3 is 2.22 bits per heavy atom. The van der Waals surface area contributed by atoms with Crippen LogP contribution in [-0.4, -0.2) is 26.6 Å². The summed E-state index contributed by atoms with van der Waals surface area (Å²) in [5.74, 6) is -0.642. The monoisotopic (exact) mass is 391 g/mol. The Morgan fingerprint density at radius 1 is 0.957 bits per heavy atom. The van der Waals surface area contributed by atoms with E-state index in [9.17, 15) is 13.2 Å². The molecule has 0 bridgehead atoms. The number of carbonyl (C=O) groups is 1. The lowest BCUT2D eigenvalue weighted by atomic mass is 10.2. The molecule has 8 heteroatoms. The zero-order chi connectivity index (χ0) is 17.0. The summed E-state index contributed by atoms with van der Waals surface area (Å²) in [6, 6.07) is 10.3. The second-order valence-corrected chi connectivity index (χ2v) is 8.02. The van der Waals surface area contributed by atoms with Crippen LogP contribution in [0.2, 0.25) is 15.1 Å². The fourth-order valence-corrected chi connectivity index (χ4v) is 3.38. The number of nitrogens with one attached hydrogen (secondary N) is 1. The molecule has 0 atom stereocenters. The molecule has 0 aliphatic carbocycles. The normalized spacial score (nSPS) is 11.3. The van der Waals surface area contributed by atoms with Gasteiger partial charge < -0.3 is 5.32 Å². The largest absolute Gasteiger partial charge is 0.351 e. The summed E-state index contributed by atoms with van der Waals surface area (Å²) in [7, 11) is -3.49. The Bertz CT molecular complexity index is 820. The molecule has 0 saturated carbocycles. The van der Waals surface area contributed by atoms with Crippen LogP contribution in [0.25, 0.3) is 0 Å². The highest BCUT2D eigenvalue weighted by Crippen LogP contribution is 2.22. The molecule has 0 spiro atoms. The van der Waals surface area contributed by atoms with Crippen LogP contribution in [0.1, 0.15) is 10.4 Å². The van der Waals surface area contributed by atoms with E-state index in [2.05, 4.69) is 5.32 Å². The molecule has 0 unspecified atom stereocenters. The molecule has 0 aromatic heterocycles. The topological polar surface area (TPSA) is 63.2 Å². The van der Waals surface area contributed by atoms with Crippen LogP contribution in [0, 0.1) is 0 Å². The average molecular weight is 393 g/mol. The van der Waals surface area contributed by atoms with E-state index in [0.29, 0.717) is 15.6 Å². The predicted molar refractivity (Wildman–Crippen MR) is 92.3 cm³/mol. The molecule has 2 rings (SSSR count). The molecule has 0 aliphatic rings. The summed E-state index contributed by atoms with van der Waals surface area (Å²) in [6.45, 7) is -0.0238. The van der Waals surface area contributed by atoms with Gasteiger partial charge in [0.1, 0.15) is 0 Å². The Hall–Kier alpha value is -1.27. The van der Waals surface area contributed by atoms with E-state index in [4.69, 9.17) is 34.8 Å². The van der Waals surface area contributed by atoms with Crippen molar-refractivity contribution in [2.45, 2.75) is 4.90 Å². The van der Waals surface area contributed by atoms with Crippen molar-refractivity contribution in [3.8, 4) is 0 Å². The molecule has 0 radical (unpaired) electrons. The van der Waals surface area contributed by atoms with Crippen molar-refractivity contribution in [3.63, 3.8) is 0 Å². The minimum atomic E-state index is -3.49. The van der Waals surface area contributed by atoms with Crippen LogP contribution in [0.3, 0.4) is 0 Å². The second-order valence-electron chi connectivity index (χ2n) is 4.66. The third-order valence-electron chi connectivity index (χ3n) is 3.01. The molecule has 122 valence electrons. The fraction of sp³-hybridized carbons (Fsp3) is 0.133. The quantitative estimate of drug-likeness (QED) is 0.840. The van der Waals surface area contributed by atoms with Gasteiger partial charge in [0.05, 0.1) is 20.7 Å². The van der Waals surface area contributed by atoms with Gasteiger partial charge in [-0.2, -0.15) is 0 Å². The molecule has 4 nitrogen and oxygen atoms in total. The second kappa shape index (κ2) is 7.53. The summed E-state index contributed by atoms with van der Waals surface area (Å²) < 4.78 is 24.3. The summed E-state index contributed by atoms with van der Waals surface area (Å²) in [5.41, 5.74) is 0.309. The third kappa shape index (κ3) is 4.85. The van der Waals surface area contributed by atoms with Crippen molar-refractivity contribution in [1.82, 2.24) is 5.32 Å². The lowest BCUT2D eigenvalue weighted by molar-refractivity contribution is 0.0956. The first-order chi connectivity index (χ1) is 10.8. The van der Waals surface area contributed by atoms with E-state index in [1.54, 1.807) is 0 Å². The van der Waals surface area contributed by atoms with E-state index < -0.39 is 15.7 Å². The zero-order valence-electron chi connectivity index (χ0n) is 11.7. The first kappa shape index (κ1) is 18.1. The van der Waals surface area contributed by atoms with Gasteiger partial charge in [0, 0.05) is 17.1 Å². The van der Waals surface area contributed by atoms with Gasteiger partial charge in [-0.05, 0) is 42.5 Å². The molecule has 0 saturated heterocycles. The lowest BCUT2D eigenvalue weighted by Crippen LogP contribution is -2.29. The van der Waals surface area contributed by atoms with Crippen molar-refractivity contribution in [1.29, 1.82) is 0 Å². The van der Waals surface area contributed by atoms with Gasteiger partial charge in [-0.3, -0.25) is 4.79 Å². The van der Waals surface area contributed by atoms with E-state index in [0.717, 1.165) is 0 Å². The number of amides is 1. The minimum Gasteiger partial charge on any atom is -0.351 e. The van der Waals surface area contributed by atoms with E-state index in [1.165, 1.54) is 42.5 Å². The Kier molecular flexibility index (Phi) is 5.92. The summed E-state index contributed by atoms with van der Waals surface area (Å²) in [6.07, 6.45) is 0. The summed E-state index contributed by atoms with van der Waals surface area (Å²) >= 11 is 17.3. The standard InChI is InChI=1S/C15H12Cl3NO3S/c16-11-2-4-12(5-3-11)23(21,22)8-7-19-15(20)10-1-6-13(17)14(18)9-10/h1-6,9H,7-8H2,(H,19,20). The van der Waals surface area contributed by atoms with Crippen molar-refractivity contribution >= 4 is 50.5 Å². The van der Waals surface area contributed by atoms with Gasteiger partial charge in [0.2, 0.25) is 0 Å². The van der Waals surface area contributed by atoms with Gasteiger partial charge in [0.15, 0.2) is 9.84 Å². The average Bonchev–Trinajstić information content (AvgIpc) is 2.50. The van der Waals surface area contributed by atoms with Crippen LogP contribution in [0.15, 0.2) is 47.4 Å². The highest BCUT2D eigenvalue weighted by molar-refractivity contribution is 7.91. The molecular weight excluding hydrogens is 381 g/mol. The Labute approximate surface area is 149 Å². The van der Waals surface area contributed by atoms with Crippen molar-refractivity contribution in [2.75, 3.05) is 12.3 Å². The maximum absolute atomic E-state index is 12.1. The number of rotatable bonds is 5. The molecule has 2 aromatic rings. The number of hydrogen-bond acceptors (Lipinski definition) is 3. The van der Waals surface area contributed by atoms with Crippen LogP contribution in [0.4, 0.5) is 0 Å². The van der Waals surface area contributed by atoms with Gasteiger partial charge in [-0.15, -0.1) is 0 Å². The first-order valence-electron chi connectivity index (χ1n) is 6.51. The van der Waals surface area contributed by atoms with E-state index >= 15 is 0 Å². The number of hydrogen-bond donors (Lipinski definition) is 1. The number of sulfone groups is 1. The van der Waals surface area contributed by atoms with Crippen molar-refractivity contribution in [2.24, 2.45) is 0 Å². The van der Waals surface area contributed by atoms with E-state index in [1.807, 2.05) is 0 Å². The smallest absolute Gasteiger partial charge is 0.251 e. The summed E-state index contributed by atoms with van der Waals surface area (Å²) in [4.78, 5) is 12.1. The van der Waals surface area contributed by atoms with Gasteiger partial charge in [-0.1, -0.05) is 34.8 Å². The van der Waals surface area contributed by atoms with Gasteiger partial charge >= 0.3 is 0 Å². The predicted octanol–water partition coefficient (Wildman–Crippen LogP) is 3.85. The Morgan fingerprint density at radius 2 is 1.61 bits per heavy atom. The van der Waals surface area contributed by atoms with Crippen LogP contribution in [0.5, 0.6) is 0 Å². The molecule has 0 aliphatic heterocycles. The molecule has 1 amide bonds. The van der Waals surface area contributed by atoms with E-state index in [-0.39, 0.29) is 22.2 Å². The van der Waals surface area contributed by atoms with Gasteiger partial charge in [0.25, 0.3) is 5.91 Å². The molecular formula is C15H12Cl3NO3S. The first-order valence-corrected chi connectivity index (χ1v) is 9.30. The fourth-order valence-electron chi connectivity index (χ4n) is 1.80.